The second-order valence-electron chi connectivity index (χ2n) is 8.35. The van der Waals surface area contributed by atoms with Crippen LogP contribution >= 0.6 is 0 Å². The smallest absolute Gasteiger partial charge is 0.329 e. The number of ether oxygens (including phenoxy) is 1. The average molecular weight is 344 g/mol. The summed E-state index contributed by atoms with van der Waals surface area (Å²) in [6, 6.07) is 9.44. The molecule has 2 aliphatic heterocycles. The molecule has 3 atom stereocenters. The number of fused-ring (bicyclic) bond motifs is 1. The van der Waals surface area contributed by atoms with Crippen LogP contribution in [0.25, 0.3) is 0 Å². The van der Waals surface area contributed by atoms with Gasteiger partial charge in [0.25, 0.3) is 0 Å². The van der Waals surface area contributed by atoms with Crippen molar-refractivity contribution in [3.63, 3.8) is 0 Å². The third-order valence-corrected chi connectivity index (χ3v) is 5.13. The lowest BCUT2D eigenvalue weighted by Gasteiger charge is -2.43. The Morgan fingerprint density at radius 2 is 1.92 bits per heavy atom. The Labute approximate surface area is 149 Å². The molecule has 0 aliphatic carbocycles. The fourth-order valence-corrected chi connectivity index (χ4v) is 3.99. The summed E-state index contributed by atoms with van der Waals surface area (Å²) >= 11 is 0. The van der Waals surface area contributed by atoms with Crippen LogP contribution in [0, 0.1) is 0 Å². The molecule has 2 N–H and O–H groups in total. The Morgan fingerprint density at radius 1 is 1.24 bits per heavy atom. The average Bonchev–Trinajstić information content (AvgIpc) is 2.95. The van der Waals surface area contributed by atoms with Crippen molar-refractivity contribution in [2.75, 3.05) is 0 Å². The van der Waals surface area contributed by atoms with E-state index in [9.17, 15) is 9.59 Å². The molecule has 2 aliphatic rings. The van der Waals surface area contributed by atoms with Gasteiger partial charge in [-0.25, -0.2) is 4.79 Å². The van der Waals surface area contributed by atoms with Crippen molar-refractivity contribution in [3.8, 4) is 0 Å². The summed E-state index contributed by atoms with van der Waals surface area (Å²) in [4.78, 5) is 27.5. The van der Waals surface area contributed by atoms with Crippen LogP contribution in [-0.4, -0.2) is 40.0 Å². The van der Waals surface area contributed by atoms with E-state index in [4.69, 9.17) is 10.5 Å². The molecule has 2 heterocycles. The van der Waals surface area contributed by atoms with Crippen LogP contribution < -0.4 is 5.73 Å². The minimum Gasteiger partial charge on any atom is -0.458 e. The summed E-state index contributed by atoms with van der Waals surface area (Å²) in [5.41, 5.74) is 6.08. The van der Waals surface area contributed by atoms with Crippen molar-refractivity contribution in [3.05, 3.63) is 35.9 Å². The van der Waals surface area contributed by atoms with Crippen LogP contribution in [-0.2, 0) is 20.7 Å². The number of carbonyl (C=O) groups is 2. The third-order valence-electron chi connectivity index (χ3n) is 5.13. The van der Waals surface area contributed by atoms with Gasteiger partial charge in [-0.2, -0.15) is 0 Å². The largest absolute Gasteiger partial charge is 0.458 e. The molecule has 0 saturated carbocycles. The van der Waals surface area contributed by atoms with Gasteiger partial charge < -0.3 is 15.4 Å². The van der Waals surface area contributed by atoms with E-state index < -0.39 is 17.2 Å². The van der Waals surface area contributed by atoms with Gasteiger partial charge in [-0.3, -0.25) is 4.79 Å². The van der Waals surface area contributed by atoms with Crippen LogP contribution in [0.4, 0.5) is 0 Å². The van der Waals surface area contributed by atoms with E-state index in [0.717, 1.165) is 18.4 Å². The number of nitrogens with two attached hydrogens (primary N) is 1. The van der Waals surface area contributed by atoms with Crippen molar-refractivity contribution in [2.45, 2.75) is 76.1 Å². The predicted molar refractivity (Wildman–Crippen MR) is 95.8 cm³/mol. The maximum Gasteiger partial charge on any atom is 0.329 e. The lowest BCUT2D eigenvalue weighted by atomic mass is 9.81. The van der Waals surface area contributed by atoms with Crippen molar-refractivity contribution >= 4 is 11.9 Å². The first-order valence-electron chi connectivity index (χ1n) is 9.08. The molecule has 1 aromatic carbocycles. The van der Waals surface area contributed by atoms with Crippen LogP contribution in [0.5, 0.6) is 0 Å². The number of nitrogens with zero attached hydrogens (tertiary/aromatic N) is 1. The van der Waals surface area contributed by atoms with E-state index in [1.807, 2.05) is 51.1 Å². The molecule has 136 valence electrons. The first-order chi connectivity index (χ1) is 11.7. The standard InChI is InChI=1S/C20H28N2O3/c1-19(2,3)25-17(23)16-10-9-15-11-12-20(21,18(24)22(15)16)13-14-7-5-4-6-8-14/h4-8,15-16H,9-13,21H2,1-3H3/t15-,16+,20-/m1/s1. The molecule has 0 unspecified atom stereocenters. The van der Waals surface area contributed by atoms with E-state index >= 15 is 0 Å². The zero-order valence-electron chi connectivity index (χ0n) is 15.3. The highest BCUT2D eigenvalue weighted by Gasteiger charge is 2.52. The second kappa shape index (κ2) is 6.45. The SMILES string of the molecule is CC(C)(C)OC(=O)[C@@H]1CC[C@@H]2CC[C@@](N)(Cc3ccccc3)C(=O)N21. The molecule has 0 spiro atoms. The van der Waals surface area contributed by atoms with Crippen molar-refractivity contribution in [2.24, 2.45) is 5.73 Å². The maximum absolute atomic E-state index is 13.2. The minimum absolute atomic E-state index is 0.109. The van der Waals surface area contributed by atoms with Gasteiger partial charge in [-0.15, -0.1) is 0 Å². The molecule has 5 nitrogen and oxygen atoms in total. The molecular formula is C20H28N2O3. The van der Waals surface area contributed by atoms with Gasteiger partial charge in [-0.1, -0.05) is 30.3 Å². The van der Waals surface area contributed by atoms with Gasteiger partial charge in [0.2, 0.25) is 5.91 Å². The van der Waals surface area contributed by atoms with Gasteiger partial charge in [0.15, 0.2) is 0 Å². The van der Waals surface area contributed by atoms with E-state index in [1.165, 1.54) is 0 Å². The Bertz CT molecular complexity index is 653. The molecule has 2 saturated heterocycles. The van der Waals surface area contributed by atoms with Crippen LogP contribution in [0.1, 0.15) is 52.0 Å². The number of amides is 1. The summed E-state index contributed by atoms with van der Waals surface area (Å²) in [5, 5.41) is 0. The number of benzene rings is 1. The topological polar surface area (TPSA) is 72.6 Å². The highest BCUT2D eigenvalue weighted by molar-refractivity contribution is 5.92. The molecule has 0 aromatic heterocycles. The number of hydrogen-bond acceptors (Lipinski definition) is 4. The van der Waals surface area contributed by atoms with Gasteiger partial charge in [0.05, 0.1) is 5.54 Å². The van der Waals surface area contributed by atoms with E-state index in [2.05, 4.69) is 0 Å². The van der Waals surface area contributed by atoms with Gasteiger partial charge in [0, 0.05) is 6.04 Å². The van der Waals surface area contributed by atoms with Crippen molar-refractivity contribution in [1.82, 2.24) is 4.90 Å². The lowest BCUT2D eigenvalue weighted by Crippen LogP contribution is -2.64. The van der Waals surface area contributed by atoms with E-state index in [-0.39, 0.29) is 17.9 Å². The third kappa shape index (κ3) is 3.71. The van der Waals surface area contributed by atoms with E-state index in [0.29, 0.717) is 19.3 Å². The molecule has 0 radical (unpaired) electrons. The zero-order chi connectivity index (χ0) is 18.2. The lowest BCUT2D eigenvalue weighted by molar-refractivity contribution is -0.166. The molecule has 1 aromatic rings. The Kier molecular flexibility index (Phi) is 4.62. The number of rotatable bonds is 3. The van der Waals surface area contributed by atoms with Gasteiger partial charge in [-0.05, 0) is 58.4 Å². The van der Waals surface area contributed by atoms with E-state index in [1.54, 1.807) is 4.90 Å². The molecule has 5 heteroatoms. The molecular weight excluding hydrogens is 316 g/mol. The summed E-state index contributed by atoms with van der Waals surface area (Å²) in [7, 11) is 0. The van der Waals surface area contributed by atoms with Crippen molar-refractivity contribution < 1.29 is 14.3 Å². The Hall–Kier alpha value is -1.88. The first kappa shape index (κ1) is 17.9. The number of carbonyl (C=O) groups excluding carboxylic acids is 2. The summed E-state index contributed by atoms with van der Waals surface area (Å²) in [6.45, 7) is 5.54. The monoisotopic (exact) mass is 344 g/mol. The van der Waals surface area contributed by atoms with Crippen LogP contribution in [0.2, 0.25) is 0 Å². The highest BCUT2D eigenvalue weighted by atomic mass is 16.6. The van der Waals surface area contributed by atoms with Crippen LogP contribution in [0.15, 0.2) is 30.3 Å². The Morgan fingerprint density at radius 3 is 2.56 bits per heavy atom. The Balaban J connectivity index is 1.79. The quantitative estimate of drug-likeness (QED) is 0.855. The summed E-state index contributed by atoms with van der Waals surface area (Å²) in [5.74, 6) is -0.423. The van der Waals surface area contributed by atoms with Gasteiger partial charge >= 0.3 is 5.97 Å². The molecule has 25 heavy (non-hydrogen) atoms. The molecule has 3 rings (SSSR count). The summed E-state index contributed by atoms with van der Waals surface area (Å²) < 4.78 is 5.53. The number of piperidine rings is 1. The zero-order valence-corrected chi connectivity index (χ0v) is 15.3. The normalized spacial score (nSPS) is 29.4. The number of esters is 1. The predicted octanol–water partition coefficient (Wildman–Crippen LogP) is 2.42. The molecule has 2 fully saturated rings. The van der Waals surface area contributed by atoms with Crippen LogP contribution in [0.3, 0.4) is 0 Å². The molecule has 1 amide bonds. The first-order valence-corrected chi connectivity index (χ1v) is 9.08. The van der Waals surface area contributed by atoms with Gasteiger partial charge in [0.1, 0.15) is 11.6 Å². The molecule has 0 bridgehead atoms. The fraction of sp³-hybridized carbons (Fsp3) is 0.600. The highest BCUT2D eigenvalue weighted by Crippen LogP contribution is 2.37. The summed E-state index contributed by atoms with van der Waals surface area (Å²) in [6.07, 6.45) is 3.50. The second-order valence-corrected chi connectivity index (χ2v) is 8.35. The maximum atomic E-state index is 13.2. The minimum atomic E-state index is -0.942. The van der Waals surface area contributed by atoms with Crippen molar-refractivity contribution in [1.29, 1.82) is 0 Å². The number of hydrogen-bond donors (Lipinski definition) is 1. The fourth-order valence-electron chi connectivity index (χ4n) is 3.99.